The molecule has 1 fully saturated rings. The van der Waals surface area contributed by atoms with Crippen molar-refractivity contribution in [2.24, 2.45) is 0 Å². The maximum absolute atomic E-state index is 6.18. The van der Waals surface area contributed by atoms with Gasteiger partial charge in [0, 0.05) is 31.1 Å². The van der Waals surface area contributed by atoms with Crippen molar-refractivity contribution in [2.45, 2.75) is 52.0 Å². The van der Waals surface area contributed by atoms with Gasteiger partial charge >= 0.3 is 0 Å². The number of nitrogens with zero attached hydrogens (tertiary/aromatic N) is 4. The van der Waals surface area contributed by atoms with Crippen molar-refractivity contribution in [3.63, 3.8) is 0 Å². The second-order valence-electron chi connectivity index (χ2n) is 6.93. The van der Waals surface area contributed by atoms with Gasteiger partial charge in [-0.25, -0.2) is 9.97 Å². The zero-order valence-electron chi connectivity index (χ0n) is 13.9. The van der Waals surface area contributed by atoms with Crippen LogP contribution in [0, 0.1) is 0 Å². The fourth-order valence-electron chi connectivity index (χ4n) is 2.86. The molecule has 1 aliphatic heterocycles. The average molecular weight is 311 g/mol. The molecular formula is C16H27ClN4. The van der Waals surface area contributed by atoms with Crippen LogP contribution in [0.25, 0.3) is 0 Å². The Kier molecular flexibility index (Phi) is 5.10. The zero-order chi connectivity index (χ0) is 15.6. The summed E-state index contributed by atoms with van der Waals surface area (Å²) in [5.74, 6) is 1.72. The fraction of sp³-hybridized carbons (Fsp3) is 0.750. The Labute approximate surface area is 133 Å². The molecule has 0 aromatic carbocycles. The van der Waals surface area contributed by atoms with Gasteiger partial charge < -0.3 is 4.90 Å². The second-order valence-corrected chi connectivity index (χ2v) is 7.31. The smallest absolute Gasteiger partial charge is 0.137 e. The van der Waals surface area contributed by atoms with E-state index in [0.29, 0.717) is 11.2 Å². The van der Waals surface area contributed by atoms with Gasteiger partial charge in [0.25, 0.3) is 0 Å². The molecular weight excluding hydrogens is 284 g/mol. The van der Waals surface area contributed by atoms with E-state index in [1.165, 1.54) is 19.4 Å². The lowest BCUT2D eigenvalue weighted by Crippen LogP contribution is -2.39. The van der Waals surface area contributed by atoms with Crippen LogP contribution < -0.4 is 4.90 Å². The molecule has 0 amide bonds. The molecule has 1 saturated heterocycles. The highest BCUT2D eigenvalue weighted by molar-refractivity contribution is 6.29. The van der Waals surface area contributed by atoms with Gasteiger partial charge in [-0.2, -0.15) is 0 Å². The topological polar surface area (TPSA) is 32.3 Å². The molecule has 2 heterocycles. The summed E-state index contributed by atoms with van der Waals surface area (Å²) in [6.45, 7) is 11.9. The van der Waals surface area contributed by atoms with E-state index in [4.69, 9.17) is 16.6 Å². The quantitative estimate of drug-likeness (QED) is 0.798. The predicted octanol–water partition coefficient (Wildman–Crippen LogP) is 3.35. The molecule has 1 unspecified atom stereocenters. The second kappa shape index (κ2) is 6.49. The zero-order valence-corrected chi connectivity index (χ0v) is 14.6. The van der Waals surface area contributed by atoms with Crippen molar-refractivity contribution in [2.75, 3.05) is 31.6 Å². The molecule has 0 saturated carbocycles. The summed E-state index contributed by atoms with van der Waals surface area (Å²) in [5.41, 5.74) is -0.0939. The third-order valence-corrected chi connectivity index (χ3v) is 4.33. The van der Waals surface area contributed by atoms with Crippen molar-refractivity contribution in [1.29, 1.82) is 0 Å². The van der Waals surface area contributed by atoms with E-state index in [1.54, 1.807) is 0 Å². The molecule has 0 radical (unpaired) electrons. The molecule has 4 nitrogen and oxygen atoms in total. The van der Waals surface area contributed by atoms with Gasteiger partial charge in [-0.05, 0) is 25.9 Å². The first-order valence-electron chi connectivity index (χ1n) is 7.81. The van der Waals surface area contributed by atoms with Crippen LogP contribution in [-0.4, -0.2) is 47.6 Å². The molecule has 0 aliphatic carbocycles. The summed E-state index contributed by atoms with van der Waals surface area (Å²) in [6, 6.07) is 2.48. The maximum atomic E-state index is 6.18. The van der Waals surface area contributed by atoms with E-state index >= 15 is 0 Å². The molecule has 21 heavy (non-hydrogen) atoms. The van der Waals surface area contributed by atoms with Crippen LogP contribution in [0.5, 0.6) is 0 Å². The third kappa shape index (κ3) is 4.07. The fourth-order valence-corrected chi connectivity index (χ4v) is 3.04. The van der Waals surface area contributed by atoms with E-state index in [2.05, 4.69) is 49.5 Å². The first kappa shape index (κ1) is 16.5. The Bertz CT molecular complexity index is 484. The summed E-state index contributed by atoms with van der Waals surface area (Å²) >= 11 is 6.18. The lowest BCUT2D eigenvalue weighted by Gasteiger charge is -2.29. The normalized spacial score (nSPS) is 20.0. The van der Waals surface area contributed by atoms with Crippen LogP contribution in [0.2, 0.25) is 5.15 Å². The van der Waals surface area contributed by atoms with E-state index in [0.717, 1.165) is 24.7 Å². The highest BCUT2D eigenvalue weighted by Gasteiger charge is 2.25. The Morgan fingerprint density at radius 3 is 2.71 bits per heavy atom. The molecule has 0 bridgehead atoms. The minimum Gasteiger partial charge on any atom is -0.358 e. The summed E-state index contributed by atoms with van der Waals surface area (Å²) in [7, 11) is 2.09. The average Bonchev–Trinajstić information content (AvgIpc) is 2.84. The molecule has 118 valence electrons. The predicted molar refractivity (Wildman–Crippen MR) is 89.3 cm³/mol. The lowest BCUT2D eigenvalue weighted by molar-refractivity contribution is 0.270. The van der Waals surface area contributed by atoms with Crippen LogP contribution >= 0.6 is 11.6 Å². The van der Waals surface area contributed by atoms with Crippen molar-refractivity contribution >= 4 is 17.4 Å². The molecule has 0 N–H and O–H groups in total. The molecule has 1 aromatic heterocycles. The summed E-state index contributed by atoms with van der Waals surface area (Å²) < 4.78 is 0. The Hall–Kier alpha value is -0.870. The van der Waals surface area contributed by atoms with Gasteiger partial charge in [-0.15, -0.1) is 0 Å². The van der Waals surface area contributed by atoms with Crippen LogP contribution in [0.3, 0.4) is 0 Å². The summed E-state index contributed by atoms with van der Waals surface area (Å²) in [6.07, 6.45) is 2.56. The number of likely N-dealkylation sites (tertiary alicyclic amines) is 1. The number of likely N-dealkylation sites (N-methyl/N-ethyl adjacent to an activating group) is 2. The van der Waals surface area contributed by atoms with E-state index in [-0.39, 0.29) is 5.41 Å². The molecule has 0 spiro atoms. The van der Waals surface area contributed by atoms with Crippen LogP contribution in [0.15, 0.2) is 6.07 Å². The third-order valence-electron chi connectivity index (χ3n) is 4.13. The number of aromatic nitrogens is 2. The van der Waals surface area contributed by atoms with Gasteiger partial charge in [0.2, 0.25) is 0 Å². The Morgan fingerprint density at radius 1 is 1.38 bits per heavy atom. The largest absolute Gasteiger partial charge is 0.358 e. The minimum absolute atomic E-state index is 0.0939. The van der Waals surface area contributed by atoms with Gasteiger partial charge in [-0.3, -0.25) is 4.90 Å². The number of halogens is 1. The van der Waals surface area contributed by atoms with Gasteiger partial charge in [0.1, 0.15) is 16.8 Å². The van der Waals surface area contributed by atoms with Gasteiger partial charge in [0.15, 0.2) is 0 Å². The van der Waals surface area contributed by atoms with Crippen molar-refractivity contribution in [3.8, 4) is 0 Å². The van der Waals surface area contributed by atoms with E-state index in [9.17, 15) is 0 Å². The Morgan fingerprint density at radius 2 is 2.10 bits per heavy atom. The highest BCUT2D eigenvalue weighted by Crippen LogP contribution is 2.25. The minimum atomic E-state index is -0.0939. The number of anilines is 1. The van der Waals surface area contributed by atoms with Gasteiger partial charge in [-0.1, -0.05) is 39.3 Å². The van der Waals surface area contributed by atoms with E-state index in [1.807, 2.05) is 6.07 Å². The van der Waals surface area contributed by atoms with Crippen molar-refractivity contribution in [1.82, 2.24) is 14.9 Å². The molecule has 5 heteroatoms. The first-order valence-corrected chi connectivity index (χ1v) is 8.19. The molecule has 1 aromatic rings. The van der Waals surface area contributed by atoms with Crippen LogP contribution in [0.1, 0.15) is 46.4 Å². The molecule has 1 atom stereocenters. The lowest BCUT2D eigenvalue weighted by atomic mass is 9.96. The standard InChI is InChI=1S/C16H27ClN4/c1-6-21-9-7-8-12(21)11-20(5)14-10-13(17)18-15(19-14)16(2,3)4/h10,12H,6-9,11H2,1-5H3. The monoisotopic (exact) mass is 310 g/mol. The van der Waals surface area contributed by atoms with Crippen LogP contribution in [0.4, 0.5) is 5.82 Å². The van der Waals surface area contributed by atoms with E-state index < -0.39 is 0 Å². The van der Waals surface area contributed by atoms with Crippen molar-refractivity contribution < 1.29 is 0 Å². The summed E-state index contributed by atoms with van der Waals surface area (Å²) in [4.78, 5) is 13.8. The van der Waals surface area contributed by atoms with Gasteiger partial charge in [0.05, 0.1) is 0 Å². The summed E-state index contributed by atoms with van der Waals surface area (Å²) in [5, 5.41) is 0.524. The SMILES string of the molecule is CCN1CCCC1CN(C)c1cc(Cl)nc(C(C)(C)C)n1. The Balaban J connectivity index is 2.15. The highest BCUT2D eigenvalue weighted by atomic mass is 35.5. The maximum Gasteiger partial charge on any atom is 0.137 e. The van der Waals surface area contributed by atoms with Crippen LogP contribution in [-0.2, 0) is 5.41 Å². The number of rotatable bonds is 4. The molecule has 2 rings (SSSR count). The van der Waals surface area contributed by atoms with Crippen molar-refractivity contribution in [3.05, 3.63) is 17.0 Å². The molecule has 1 aliphatic rings. The number of hydrogen-bond donors (Lipinski definition) is 0. The first-order chi connectivity index (χ1) is 9.81. The number of hydrogen-bond acceptors (Lipinski definition) is 4.